The van der Waals surface area contributed by atoms with Gasteiger partial charge in [0.15, 0.2) is 0 Å². The van der Waals surface area contributed by atoms with Crippen molar-refractivity contribution < 1.29 is 5.11 Å². The van der Waals surface area contributed by atoms with Crippen molar-refractivity contribution in [1.29, 1.82) is 0 Å². The molecule has 96 valence electrons. The van der Waals surface area contributed by atoms with Crippen LogP contribution in [0.2, 0.25) is 5.02 Å². The van der Waals surface area contributed by atoms with E-state index in [1.807, 2.05) is 24.3 Å². The maximum Gasteiger partial charge on any atom is 0.0649 e. The average molecular weight is 256 g/mol. The largest absolute Gasteiger partial charge is 0.392 e. The highest BCUT2D eigenvalue weighted by atomic mass is 35.5. The summed E-state index contributed by atoms with van der Waals surface area (Å²) in [5, 5.41) is 11.1. The standard InChI is InChI=1S/C14H22ClNO/c1-3-10(4-2)14(17)12(9-16)11-7-5-6-8-13(11)15/h5-8,10,12,14,17H,3-4,9,16H2,1-2H3. The summed E-state index contributed by atoms with van der Waals surface area (Å²) < 4.78 is 0. The van der Waals surface area contributed by atoms with Crippen molar-refractivity contribution in [3.8, 4) is 0 Å². The number of nitrogens with two attached hydrogens (primary N) is 1. The highest BCUT2D eigenvalue weighted by molar-refractivity contribution is 6.31. The number of aliphatic hydroxyl groups is 1. The number of hydrogen-bond donors (Lipinski definition) is 2. The van der Waals surface area contributed by atoms with Gasteiger partial charge in [0.2, 0.25) is 0 Å². The molecule has 1 rings (SSSR count). The number of hydrogen-bond acceptors (Lipinski definition) is 2. The Bertz CT molecular complexity index is 339. The van der Waals surface area contributed by atoms with E-state index in [1.54, 1.807) is 0 Å². The van der Waals surface area contributed by atoms with Crippen LogP contribution >= 0.6 is 11.6 Å². The Hall–Kier alpha value is -0.570. The lowest BCUT2D eigenvalue weighted by Gasteiger charge is -2.28. The average Bonchev–Trinajstić information content (AvgIpc) is 2.34. The molecule has 17 heavy (non-hydrogen) atoms. The van der Waals surface area contributed by atoms with Crippen LogP contribution in [-0.2, 0) is 0 Å². The van der Waals surface area contributed by atoms with Crippen LogP contribution < -0.4 is 5.73 Å². The minimum absolute atomic E-state index is 0.0754. The molecular formula is C14H22ClNO. The Morgan fingerprint density at radius 1 is 1.24 bits per heavy atom. The lowest BCUT2D eigenvalue weighted by Crippen LogP contribution is -2.32. The van der Waals surface area contributed by atoms with E-state index in [2.05, 4.69) is 13.8 Å². The van der Waals surface area contributed by atoms with Crippen LogP contribution in [-0.4, -0.2) is 17.8 Å². The van der Waals surface area contributed by atoms with E-state index >= 15 is 0 Å². The number of rotatable bonds is 6. The van der Waals surface area contributed by atoms with Gasteiger partial charge in [0, 0.05) is 17.5 Å². The highest BCUT2D eigenvalue weighted by Crippen LogP contribution is 2.31. The van der Waals surface area contributed by atoms with E-state index in [1.165, 1.54) is 0 Å². The maximum atomic E-state index is 10.4. The molecule has 0 aliphatic carbocycles. The van der Waals surface area contributed by atoms with Crippen molar-refractivity contribution >= 4 is 11.6 Å². The lowest BCUT2D eigenvalue weighted by atomic mass is 9.83. The molecule has 0 heterocycles. The quantitative estimate of drug-likeness (QED) is 0.820. The summed E-state index contributed by atoms with van der Waals surface area (Å²) >= 11 is 6.17. The van der Waals surface area contributed by atoms with E-state index in [9.17, 15) is 5.11 Å². The van der Waals surface area contributed by atoms with Crippen molar-refractivity contribution in [2.24, 2.45) is 11.7 Å². The van der Waals surface area contributed by atoms with Crippen LogP contribution in [0.15, 0.2) is 24.3 Å². The van der Waals surface area contributed by atoms with E-state index in [0.29, 0.717) is 11.6 Å². The van der Waals surface area contributed by atoms with E-state index in [4.69, 9.17) is 17.3 Å². The first kappa shape index (κ1) is 14.5. The normalized spacial score (nSPS) is 14.9. The van der Waals surface area contributed by atoms with Gasteiger partial charge in [0.1, 0.15) is 0 Å². The zero-order chi connectivity index (χ0) is 12.8. The van der Waals surface area contributed by atoms with Crippen LogP contribution in [0, 0.1) is 5.92 Å². The van der Waals surface area contributed by atoms with Crippen LogP contribution in [0.25, 0.3) is 0 Å². The molecule has 2 atom stereocenters. The maximum absolute atomic E-state index is 10.4. The molecule has 0 bridgehead atoms. The molecule has 0 aliphatic heterocycles. The fourth-order valence-electron chi connectivity index (χ4n) is 2.33. The molecular weight excluding hydrogens is 234 g/mol. The van der Waals surface area contributed by atoms with Crippen molar-refractivity contribution in [3.05, 3.63) is 34.9 Å². The molecule has 3 heteroatoms. The SMILES string of the molecule is CCC(CC)C(O)C(CN)c1ccccc1Cl. The van der Waals surface area contributed by atoms with E-state index in [0.717, 1.165) is 18.4 Å². The van der Waals surface area contributed by atoms with Gasteiger partial charge in [-0.3, -0.25) is 0 Å². The summed E-state index contributed by atoms with van der Waals surface area (Å²) in [5.41, 5.74) is 6.76. The second-order valence-corrected chi connectivity index (χ2v) is 4.84. The van der Waals surface area contributed by atoms with Crippen molar-refractivity contribution in [3.63, 3.8) is 0 Å². The third-order valence-electron chi connectivity index (χ3n) is 3.50. The van der Waals surface area contributed by atoms with Gasteiger partial charge in [0.05, 0.1) is 6.10 Å². The van der Waals surface area contributed by atoms with Crippen molar-refractivity contribution in [2.75, 3.05) is 6.54 Å². The second kappa shape index (κ2) is 7.00. The molecule has 0 saturated heterocycles. The Kier molecular flexibility index (Phi) is 5.96. The zero-order valence-corrected chi connectivity index (χ0v) is 11.3. The molecule has 0 saturated carbocycles. The summed E-state index contributed by atoms with van der Waals surface area (Å²) in [6.07, 6.45) is 1.49. The molecule has 0 fully saturated rings. The summed E-state index contributed by atoms with van der Waals surface area (Å²) in [6.45, 7) is 4.61. The van der Waals surface area contributed by atoms with Crippen LogP contribution in [0.3, 0.4) is 0 Å². The van der Waals surface area contributed by atoms with Crippen LogP contribution in [0.1, 0.15) is 38.2 Å². The second-order valence-electron chi connectivity index (χ2n) is 4.43. The minimum Gasteiger partial charge on any atom is -0.392 e. The fraction of sp³-hybridized carbons (Fsp3) is 0.571. The molecule has 1 aromatic rings. The van der Waals surface area contributed by atoms with Crippen molar-refractivity contribution in [2.45, 2.75) is 38.7 Å². The monoisotopic (exact) mass is 255 g/mol. The third kappa shape index (κ3) is 3.44. The van der Waals surface area contributed by atoms with Gasteiger partial charge in [-0.1, -0.05) is 56.5 Å². The van der Waals surface area contributed by atoms with Gasteiger partial charge in [-0.15, -0.1) is 0 Å². The molecule has 0 radical (unpaired) electrons. The van der Waals surface area contributed by atoms with Gasteiger partial charge in [-0.2, -0.15) is 0 Å². The first-order valence-electron chi connectivity index (χ1n) is 6.28. The molecule has 0 aromatic heterocycles. The van der Waals surface area contributed by atoms with Gasteiger partial charge >= 0.3 is 0 Å². The predicted molar refractivity (Wildman–Crippen MR) is 73.3 cm³/mol. The van der Waals surface area contributed by atoms with Gasteiger partial charge in [0.25, 0.3) is 0 Å². The Labute approximate surface area is 109 Å². The topological polar surface area (TPSA) is 46.2 Å². The van der Waals surface area contributed by atoms with Gasteiger partial charge in [-0.25, -0.2) is 0 Å². The molecule has 2 nitrogen and oxygen atoms in total. The number of halogens is 1. The number of aliphatic hydroxyl groups excluding tert-OH is 1. The van der Waals surface area contributed by atoms with Crippen molar-refractivity contribution in [1.82, 2.24) is 0 Å². The summed E-state index contributed by atoms with van der Waals surface area (Å²) in [6, 6.07) is 7.62. The molecule has 3 N–H and O–H groups in total. The molecule has 1 aromatic carbocycles. The fourth-order valence-corrected chi connectivity index (χ4v) is 2.60. The predicted octanol–water partition coefficient (Wildman–Crippen LogP) is 3.18. The number of benzene rings is 1. The lowest BCUT2D eigenvalue weighted by molar-refractivity contribution is 0.0780. The molecule has 0 aliphatic rings. The molecule has 0 spiro atoms. The Morgan fingerprint density at radius 2 is 1.82 bits per heavy atom. The third-order valence-corrected chi connectivity index (χ3v) is 3.85. The van der Waals surface area contributed by atoms with Crippen LogP contribution in [0.4, 0.5) is 0 Å². The van der Waals surface area contributed by atoms with Crippen LogP contribution in [0.5, 0.6) is 0 Å². The first-order valence-corrected chi connectivity index (χ1v) is 6.66. The minimum atomic E-state index is -0.421. The Morgan fingerprint density at radius 3 is 2.29 bits per heavy atom. The Balaban J connectivity index is 2.95. The van der Waals surface area contributed by atoms with E-state index in [-0.39, 0.29) is 11.8 Å². The van der Waals surface area contributed by atoms with Gasteiger partial charge in [-0.05, 0) is 17.5 Å². The summed E-state index contributed by atoms with van der Waals surface area (Å²) in [5.74, 6) is 0.202. The molecule has 2 unspecified atom stereocenters. The van der Waals surface area contributed by atoms with E-state index < -0.39 is 6.10 Å². The zero-order valence-electron chi connectivity index (χ0n) is 10.6. The first-order chi connectivity index (χ1) is 8.15. The highest BCUT2D eigenvalue weighted by Gasteiger charge is 2.27. The smallest absolute Gasteiger partial charge is 0.0649 e. The summed E-state index contributed by atoms with van der Waals surface area (Å²) in [4.78, 5) is 0. The summed E-state index contributed by atoms with van der Waals surface area (Å²) in [7, 11) is 0. The van der Waals surface area contributed by atoms with Gasteiger partial charge < -0.3 is 10.8 Å². The molecule has 0 amide bonds.